The first-order valence-corrected chi connectivity index (χ1v) is 8.73. The van der Waals surface area contributed by atoms with Crippen molar-refractivity contribution in [2.45, 2.75) is 13.8 Å². The monoisotopic (exact) mass is 385 g/mol. The summed E-state index contributed by atoms with van der Waals surface area (Å²) in [6, 6.07) is 6.89. The number of nitrogens with zero attached hydrogens (tertiary/aromatic N) is 2. The van der Waals surface area contributed by atoms with Crippen molar-refractivity contribution >= 4 is 29.6 Å². The van der Waals surface area contributed by atoms with Crippen LogP contribution in [0.25, 0.3) is 11.8 Å². The van der Waals surface area contributed by atoms with E-state index >= 15 is 0 Å². The van der Waals surface area contributed by atoms with Crippen LogP contribution in [0, 0.1) is 13.8 Å². The van der Waals surface area contributed by atoms with Gasteiger partial charge in [0.15, 0.2) is 0 Å². The van der Waals surface area contributed by atoms with Gasteiger partial charge in [0.2, 0.25) is 0 Å². The van der Waals surface area contributed by atoms with Gasteiger partial charge in [-0.15, -0.1) is 6.58 Å². The van der Waals surface area contributed by atoms with E-state index in [0.717, 1.165) is 27.5 Å². The van der Waals surface area contributed by atoms with Gasteiger partial charge in [0.25, 0.3) is 5.91 Å². The normalized spacial score (nSPS) is 15.4. The fourth-order valence-electron chi connectivity index (χ4n) is 3.16. The number of aromatic nitrogens is 1. The molecule has 3 amide bonds. The first-order valence-electron chi connectivity index (χ1n) is 8.35. The Morgan fingerprint density at radius 1 is 1.26 bits per heavy atom. The number of aryl methyl sites for hydroxylation is 1. The lowest BCUT2D eigenvalue weighted by Gasteiger charge is -2.14. The molecule has 6 nitrogen and oxygen atoms in total. The zero-order chi connectivity index (χ0) is 19.7. The number of benzene rings is 1. The van der Waals surface area contributed by atoms with E-state index in [1.165, 1.54) is 6.08 Å². The second-order valence-electron chi connectivity index (χ2n) is 6.17. The molecule has 1 aliphatic heterocycles. The Hall–Kier alpha value is -2.99. The Balaban J connectivity index is 2.05. The van der Waals surface area contributed by atoms with Crippen molar-refractivity contribution in [3.63, 3.8) is 0 Å². The summed E-state index contributed by atoms with van der Waals surface area (Å²) in [5, 5.41) is 3.20. The van der Waals surface area contributed by atoms with Crippen LogP contribution in [-0.2, 0) is 4.79 Å². The first kappa shape index (κ1) is 18.8. The maximum absolute atomic E-state index is 12.4. The van der Waals surface area contributed by atoms with Crippen LogP contribution in [-0.4, -0.2) is 35.1 Å². The van der Waals surface area contributed by atoms with Crippen molar-refractivity contribution in [1.29, 1.82) is 0 Å². The molecular formula is C20H20ClN3O3. The van der Waals surface area contributed by atoms with Gasteiger partial charge >= 0.3 is 6.03 Å². The van der Waals surface area contributed by atoms with Crippen LogP contribution in [0.5, 0.6) is 5.75 Å². The van der Waals surface area contributed by atoms with Gasteiger partial charge in [-0.05, 0) is 49.8 Å². The number of amides is 3. The maximum atomic E-state index is 12.4. The Kier molecular flexibility index (Phi) is 5.10. The number of ether oxygens (including phenoxy) is 1. The summed E-state index contributed by atoms with van der Waals surface area (Å²) in [6.07, 6.45) is 3.19. The molecule has 0 atom stereocenters. The van der Waals surface area contributed by atoms with Crippen LogP contribution in [0.15, 0.2) is 42.6 Å². The van der Waals surface area contributed by atoms with Gasteiger partial charge in [0.05, 0.1) is 12.8 Å². The van der Waals surface area contributed by atoms with E-state index in [0.29, 0.717) is 10.8 Å². The van der Waals surface area contributed by atoms with Crippen LogP contribution in [0.2, 0.25) is 5.02 Å². The minimum absolute atomic E-state index is 0.167. The van der Waals surface area contributed by atoms with E-state index in [2.05, 4.69) is 11.9 Å². The van der Waals surface area contributed by atoms with Crippen molar-refractivity contribution in [2.75, 3.05) is 13.7 Å². The van der Waals surface area contributed by atoms with E-state index in [4.69, 9.17) is 16.3 Å². The molecule has 2 aromatic rings. The van der Waals surface area contributed by atoms with Gasteiger partial charge < -0.3 is 14.6 Å². The Morgan fingerprint density at radius 3 is 2.67 bits per heavy atom. The number of nitrogens with one attached hydrogen (secondary N) is 1. The van der Waals surface area contributed by atoms with Gasteiger partial charge in [0.1, 0.15) is 11.4 Å². The first-order chi connectivity index (χ1) is 12.9. The van der Waals surface area contributed by atoms with Gasteiger partial charge in [-0.1, -0.05) is 17.7 Å². The van der Waals surface area contributed by atoms with Crippen molar-refractivity contribution in [1.82, 2.24) is 14.8 Å². The molecule has 1 aromatic heterocycles. The Labute approximate surface area is 162 Å². The van der Waals surface area contributed by atoms with E-state index in [1.54, 1.807) is 19.3 Å². The summed E-state index contributed by atoms with van der Waals surface area (Å²) in [5.74, 6) is 0.313. The molecule has 0 saturated carbocycles. The lowest BCUT2D eigenvalue weighted by atomic mass is 10.2. The highest BCUT2D eigenvalue weighted by Crippen LogP contribution is 2.31. The predicted octanol–water partition coefficient (Wildman–Crippen LogP) is 3.83. The third-order valence-corrected chi connectivity index (χ3v) is 4.66. The molecule has 3 rings (SSSR count). The lowest BCUT2D eigenvalue weighted by Crippen LogP contribution is -2.30. The highest BCUT2D eigenvalue weighted by atomic mass is 35.5. The number of imide groups is 1. The van der Waals surface area contributed by atoms with Gasteiger partial charge in [-0.3, -0.25) is 9.69 Å². The largest absolute Gasteiger partial charge is 0.495 e. The molecule has 0 unspecified atom stereocenters. The van der Waals surface area contributed by atoms with E-state index in [-0.39, 0.29) is 18.1 Å². The van der Waals surface area contributed by atoms with E-state index in [1.807, 2.05) is 36.6 Å². The topological polar surface area (TPSA) is 63.6 Å². The van der Waals surface area contributed by atoms with Crippen LogP contribution >= 0.6 is 11.6 Å². The highest BCUT2D eigenvalue weighted by molar-refractivity contribution is 6.30. The molecule has 1 N–H and O–H groups in total. The number of urea groups is 1. The third kappa shape index (κ3) is 3.36. The zero-order valence-electron chi connectivity index (χ0n) is 15.4. The zero-order valence-corrected chi connectivity index (χ0v) is 16.1. The summed E-state index contributed by atoms with van der Waals surface area (Å²) in [4.78, 5) is 25.5. The Bertz CT molecular complexity index is 975. The smallest absolute Gasteiger partial charge is 0.329 e. The van der Waals surface area contributed by atoms with Crippen molar-refractivity contribution in [3.05, 3.63) is 64.6 Å². The van der Waals surface area contributed by atoms with Crippen LogP contribution in [0.3, 0.4) is 0 Å². The minimum Gasteiger partial charge on any atom is -0.495 e. The molecule has 7 heteroatoms. The third-order valence-electron chi connectivity index (χ3n) is 4.43. The summed E-state index contributed by atoms with van der Waals surface area (Å²) < 4.78 is 7.46. The van der Waals surface area contributed by atoms with Gasteiger partial charge in [-0.2, -0.15) is 0 Å². The number of halogens is 1. The minimum atomic E-state index is -0.448. The molecule has 27 heavy (non-hydrogen) atoms. The quantitative estimate of drug-likeness (QED) is 0.483. The van der Waals surface area contributed by atoms with E-state index in [9.17, 15) is 9.59 Å². The summed E-state index contributed by atoms with van der Waals surface area (Å²) >= 11 is 6.17. The molecule has 0 aliphatic carbocycles. The molecule has 1 aromatic carbocycles. The number of hydrogen-bond acceptors (Lipinski definition) is 3. The average Bonchev–Trinajstić information content (AvgIpc) is 3.05. The number of hydrogen-bond donors (Lipinski definition) is 1. The number of methoxy groups -OCH3 is 1. The summed E-state index contributed by atoms with van der Waals surface area (Å²) in [5.41, 5.74) is 3.70. The fraction of sp³-hybridized carbons (Fsp3) is 0.200. The number of carbonyl (C=O) groups excluding carboxylic acids is 2. The molecule has 0 radical (unpaired) electrons. The van der Waals surface area contributed by atoms with E-state index < -0.39 is 6.03 Å². The second kappa shape index (κ2) is 7.32. The average molecular weight is 386 g/mol. The molecule has 0 spiro atoms. The molecular weight excluding hydrogens is 366 g/mol. The predicted molar refractivity (Wildman–Crippen MR) is 105 cm³/mol. The van der Waals surface area contributed by atoms with Crippen molar-refractivity contribution in [2.24, 2.45) is 0 Å². The molecule has 0 bridgehead atoms. The highest BCUT2D eigenvalue weighted by Gasteiger charge is 2.32. The van der Waals surface area contributed by atoms with Crippen LogP contribution < -0.4 is 10.1 Å². The van der Waals surface area contributed by atoms with Crippen LogP contribution in [0.4, 0.5) is 4.79 Å². The van der Waals surface area contributed by atoms with Gasteiger partial charge in [-0.25, -0.2) is 4.79 Å². The molecule has 1 fully saturated rings. The summed E-state index contributed by atoms with van der Waals surface area (Å²) in [7, 11) is 1.60. The molecule has 140 valence electrons. The number of rotatable bonds is 5. The Morgan fingerprint density at radius 2 is 2.00 bits per heavy atom. The number of carbonyl (C=O) groups is 2. The van der Waals surface area contributed by atoms with Crippen molar-refractivity contribution in [3.8, 4) is 11.4 Å². The molecule has 1 saturated heterocycles. The molecule has 1 aliphatic rings. The maximum Gasteiger partial charge on any atom is 0.329 e. The second-order valence-corrected chi connectivity index (χ2v) is 6.61. The summed E-state index contributed by atoms with van der Waals surface area (Å²) in [6.45, 7) is 7.62. The van der Waals surface area contributed by atoms with Gasteiger partial charge in [0, 0.05) is 23.0 Å². The standard InChI is InChI=1S/C20H20ClN3O3/c1-5-8-23-19(25)16(22-20(23)26)10-14-9-12(2)24(13(14)3)17-11-15(21)6-7-18(17)27-4/h5-7,9-11H,1,8H2,2-4H3,(H,22,26)/b16-10+. The SMILES string of the molecule is C=CCN1C(=O)N/C(=C/c2cc(C)n(-c3cc(Cl)ccc3OC)c2C)C1=O. The fourth-order valence-corrected chi connectivity index (χ4v) is 3.33. The van der Waals surface area contributed by atoms with Crippen molar-refractivity contribution < 1.29 is 14.3 Å². The van der Waals surface area contributed by atoms with Crippen LogP contribution in [0.1, 0.15) is 17.0 Å². The molecule has 2 heterocycles. The lowest BCUT2D eigenvalue weighted by molar-refractivity contribution is -0.122.